The fourth-order valence-electron chi connectivity index (χ4n) is 2.25. The molecule has 0 amide bonds. The Kier molecular flexibility index (Phi) is 5.69. The Bertz CT molecular complexity index is 399. The third-order valence-corrected chi connectivity index (χ3v) is 3.20. The van der Waals surface area contributed by atoms with E-state index in [0.29, 0.717) is 0 Å². The molecule has 0 aliphatic carbocycles. The highest BCUT2D eigenvalue weighted by Crippen LogP contribution is 2.33. The number of hydrogen-bond acceptors (Lipinski definition) is 2. The molecule has 0 radical (unpaired) electrons. The molecule has 1 atom stereocenters. The van der Waals surface area contributed by atoms with Crippen LogP contribution in [-0.4, -0.2) is 18.2 Å². The van der Waals surface area contributed by atoms with E-state index in [0.717, 1.165) is 30.6 Å². The molecule has 0 aliphatic heterocycles. The maximum absolute atomic E-state index is 11.0. The van der Waals surface area contributed by atoms with Crippen molar-refractivity contribution in [3.05, 3.63) is 29.3 Å². The van der Waals surface area contributed by atoms with Crippen LogP contribution in [0.2, 0.25) is 0 Å². The Morgan fingerprint density at radius 1 is 1.39 bits per heavy atom. The van der Waals surface area contributed by atoms with E-state index >= 15 is 0 Å². The maximum Gasteiger partial charge on any atom is 0.303 e. The van der Waals surface area contributed by atoms with Gasteiger partial charge in [0.2, 0.25) is 0 Å². The van der Waals surface area contributed by atoms with Crippen LogP contribution in [0.1, 0.15) is 50.2 Å². The quantitative estimate of drug-likeness (QED) is 0.804. The van der Waals surface area contributed by atoms with Crippen LogP contribution in [-0.2, 0) is 11.2 Å². The minimum absolute atomic E-state index is 0.0361. The Balaban J connectivity index is 3.10. The number of hydrogen-bond donors (Lipinski definition) is 1. The van der Waals surface area contributed by atoms with E-state index < -0.39 is 5.97 Å². The van der Waals surface area contributed by atoms with E-state index in [1.807, 2.05) is 12.1 Å². The molecule has 0 saturated heterocycles. The Labute approximate surface area is 109 Å². The van der Waals surface area contributed by atoms with Gasteiger partial charge in [-0.15, -0.1) is 0 Å². The third-order valence-electron chi connectivity index (χ3n) is 3.20. The molecule has 3 heteroatoms. The van der Waals surface area contributed by atoms with Crippen LogP contribution < -0.4 is 4.74 Å². The van der Waals surface area contributed by atoms with Crippen LogP contribution in [0.4, 0.5) is 0 Å². The summed E-state index contributed by atoms with van der Waals surface area (Å²) < 4.78 is 5.36. The van der Waals surface area contributed by atoms with Crippen molar-refractivity contribution < 1.29 is 14.6 Å². The summed E-state index contributed by atoms with van der Waals surface area (Å²) in [6.45, 7) is 4.17. The molecule has 3 nitrogen and oxygen atoms in total. The summed E-state index contributed by atoms with van der Waals surface area (Å²) in [6.07, 6.45) is 2.95. The zero-order valence-corrected chi connectivity index (χ0v) is 11.4. The van der Waals surface area contributed by atoms with E-state index in [-0.39, 0.29) is 12.3 Å². The molecule has 0 bridgehead atoms. The summed E-state index contributed by atoms with van der Waals surface area (Å²) in [4.78, 5) is 11.0. The van der Waals surface area contributed by atoms with Crippen molar-refractivity contribution in [1.82, 2.24) is 0 Å². The highest BCUT2D eigenvalue weighted by Gasteiger charge is 2.19. The lowest BCUT2D eigenvalue weighted by molar-refractivity contribution is -0.137. The fraction of sp³-hybridized carbons (Fsp3) is 0.533. The number of carboxylic acid groups (broad SMARTS) is 1. The number of rotatable bonds is 7. The van der Waals surface area contributed by atoms with E-state index in [9.17, 15) is 4.79 Å². The minimum atomic E-state index is -0.752. The molecule has 0 aliphatic rings. The van der Waals surface area contributed by atoms with Gasteiger partial charge >= 0.3 is 5.97 Å². The lowest BCUT2D eigenvalue weighted by Crippen LogP contribution is -2.08. The van der Waals surface area contributed by atoms with Crippen molar-refractivity contribution in [2.24, 2.45) is 0 Å². The van der Waals surface area contributed by atoms with Gasteiger partial charge in [-0.2, -0.15) is 0 Å². The molecular formula is C15H22O3. The number of aryl methyl sites for hydroxylation is 1. The predicted molar refractivity (Wildman–Crippen MR) is 72.3 cm³/mol. The second kappa shape index (κ2) is 7.04. The summed E-state index contributed by atoms with van der Waals surface area (Å²) >= 11 is 0. The van der Waals surface area contributed by atoms with Gasteiger partial charge < -0.3 is 9.84 Å². The molecule has 0 heterocycles. The van der Waals surface area contributed by atoms with Crippen molar-refractivity contribution >= 4 is 5.97 Å². The van der Waals surface area contributed by atoms with Gasteiger partial charge in [0.25, 0.3) is 0 Å². The molecule has 1 aromatic carbocycles. The first-order valence-corrected chi connectivity index (χ1v) is 6.50. The summed E-state index contributed by atoms with van der Waals surface area (Å²) in [7, 11) is 1.63. The second-order valence-electron chi connectivity index (χ2n) is 4.51. The number of carboxylic acids is 1. The van der Waals surface area contributed by atoms with E-state index in [1.165, 1.54) is 5.56 Å². The molecule has 1 N–H and O–H groups in total. The standard InChI is InChI=1S/C15H22O3/c1-4-6-12(10-15(16)17)13-9-11(5-2)7-8-14(13)18-3/h7-9,12H,4-6,10H2,1-3H3,(H,16,17). The van der Waals surface area contributed by atoms with Gasteiger partial charge in [-0.3, -0.25) is 4.79 Å². The lowest BCUT2D eigenvalue weighted by Gasteiger charge is -2.18. The largest absolute Gasteiger partial charge is 0.496 e. The molecule has 0 aromatic heterocycles. The molecule has 1 rings (SSSR count). The number of aliphatic carboxylic acids is 1. The predicted octanol–water partition coefficient (Wildman–Crippen LogP) is 3.62. The zero-order valence-electron chi connectivity index (χ0n) is 11.4. The van der Waals surface area contributed by atoms with Crippen molar-refractivity contribution in [3.8, 4) is 5.75 Å². The molecule has 1 unspecified atom stereocenters. The van der Waals surface area contributed by atoms with Crippen LogP contribution in [0.5, 0.6) is 5.75 Å². The first kappa shape index (κ1) is 14.6. The average molecular weight is 250 g/mol. The van der Waals surface area contributed by atoms with E-state index in [4.69, 9.17) is 9.84 Å². The van der Waals surface area contributed by atoms with E-state index in [2.05, 4.69) is 19.9 Å². The van der Waals surface area contributed by atoms with Gasteiger partial charge in [-0.25, -0.2) is 0 Å². The van der Waals surface area contributed by atoms with E-state index in [1.54, 1.807) is 7.11 Å². The van der Waals surface area contributed by atoms with Crippen molar-refractivity contribution in [2.75, 3.05) is 7.11 Å². The SMILES string of the molecule is CCCC(CC(=O)O)c1cc(CC)ccc1OC. The number of benzene rings is 1. The van der Waals surface area contributed by atoms with Crippen LogP contribution in [0, 0.1) is 0 Å². The van der Waals surface area contributed by atoms with Crippen LogP contribution >= 0.6 is 0 Å². The molecule has 0 spiro atoms. The zero-order chi connectivity index (χ0) is 13.5. The third kappa shape index (κ3) is 3.76. The second-order valence-corrected chi connectivity index (χ2v) is 4.51. The highest BCUT2D eigenvalue weighted by molar-refractivity contribution is 5.68. The monoisotopic (exact) mass is 250 g/mol. The topological polar surface area (TPSA) is 46.5 Å². The lowest BCUT2D eigenvalue weighted by atomic mass is 9.89. The van der Waals surface area contributed by atoms with Crippen molar-refractivity contribution in [3.63, 3.8) is 0 Å². The highest BCUT2D eigenvalue weighted by atomic mass is 16.5. The smallest absolute Gasteiger partial charge is 0.303 e. The molecule has 1 aromatic rings. The minimum Gasteiger partial charge on any atom is -0.496 e. The number of carbonyl (C=O) groups is 1. The Morgan fingerprint density at radius 3 is 2.61 bits per heavy atom. The Morgan fingerprint density at radius 2 is 2.11 bits per heavy atom. The summed E-state index contributed by atoms with van der Waals surface area (Å²) in [5.41, 5.74) is 2.25. The fourth-order valence-corrected chi connectivity index (χ4v) is 2.25. The maximum atomic E-state index is 11.0. The molecular weight excluding hydrogens is 228 g/mol. The van der Waals surface area contributed by atoms with Gasteiger partial charge in [-0.05, 0) is 36.0 Å². The average Bonchev–Trinajstić information content (AvgIpc) is 2.37. The van der Waals surface area contributed by atoms with Gasteiger partial charge in [0.15, 0.2) is 0 Å². The van der Waals surface area contributed by atoms with Crippen molar-refractivity contribution in [2.45, 2.75) is 45.4 Å². The molecule has 100 valence electrons. The number of ether oxygens (including phenoxy) is 1. The summed E-state index contributed by atoms with van der Waals surface area (Å²) in [5, 5.41) is 9.02. The van der Waals surface area contributed by atoms with Crippen molar-refractivity contribution in [1.29, 1.82) is 0 Å². The summed E-state index contributed by atoms with van der Waals surface area (Å²) in [5.74, 6) is 0.0817. The summed E-state index contributed by atoms with van der Waals surface area (Å²) in [6, 6.07) is 6.06. The molecule has 0 fully saturated rings. The number of methoxy groups -OCH3 is 1. The normalized spacial score (nSPS) is 12.2. The Hall–Kier alpha value is -1.51. The van der Waals surface area contributed by atoms with Crippen LogP contribution in [0.15, 0.2) is 18.2 Å². The van der Waals surface area contributed by atoms with Gasteiger partial charge in [0, 0.05) is 0 Å². The van der Waals surface area contributed by atoms with Gasteiger partial charge in [-0.1, -0.05) is 32.4 Å². The first-order valence-electron chi connectivity index (χ1n) is 6.50. The first-order chi connectivity index (χ1) is 8.62. The molecule has 0 saturated carbocycles. The van der Waals surface area contributed by atoms with Crippen LogP contribution in [0.25, 0.3) is 0 Å². The van der Waals surface area contributed by atoms with Crippen LogP contribution in [0.3, 0.4) is 0 Å². The van der Waals surface area contributed by atoms with Gasteiger partial charge in [0.05, 0.1) is 13.5 Å². The van der Waals surface area contributed by atoms with Gasteiger partial charge in [0.1, 0.15) is 5.75 Å². The molecule has 18 heavy (non-hydrogen) atoms.